The molecule has 11 nitrogen and oxygen atoms in total. The van der Waals surface area contributed by atoms with Crippen molar-refractivity contribution in [3.8, 4) is 17.2 Å². The number of nitrogen functional groups attached to an aromatic ring is 1. The van der Waals surface area contributed by atoms with Crippen molar-refractivity contribution in [3.63, 3.8) is 0 Å². The second-order valence-corrected chi connectivity index (χ2v) is 9.63. The van der Waals surface area contributed by atoms with E-state index in [9.17, 15) is 22.8 Å². The Bertz CT molecular complexity index is 1840. The van der Waals surface area contributed by atoms with E-state index in [0.717, 1.165) is 5.69 Å². The van der Waals surface area contributed by atoms with Gasteiger partial charge in [-0.2, -0.15) is 0 Å². The molecule has 5 aromatic rings. The van der Waals surface area contributed by atoms with Crippen molar-refractivity contribution in [1.82, 2.24) is 9.97 Å². The number of hydrogen-bond donors (Lipinski definition) is 6. The van der Waals surface area contributed by atoms with Gasteiger partial charge in [-0.1, -0.05) is 0 Å². The van der Waals surface area contributed by atoms with Crippen LogP contribution in [0.1, 0.15) is 22.5 Å². The van der Waals surface area contributed by atoms with Gasteiger partial charge in [0.15, 0.2) is 34.7 Å². The number of H-pyrrole nitrogens is 2. The van der Waals surface area contributed by atoms with Gasteiger partial charge in [0.25, 0.3) is 0 Å². The molecule has 0 unspecified atom stereocenters. The molecule has 0 aliphatic rings. The minimum absolute atomic E-state index is 0. The number of methoxy groups -OCH3 is 3. The normalized spacial score (nSPS) is 10.2. The predicted octanol–water partition coefficient (Wildman–Crippen LogP) is 6.04. The first-order valence-electron chi connectivity index (χ1n) is 13.3. The summed E-state index contributed by atoms with van der Waals surface area (Å²) < 4.78 is 54.8. The van der Waals surface area contributed by atoms with Gasteiger partial charge in [-0.3, -0.25) is 15.4 Å². The third-order valence-corrected chi connectivity index (χ3v) is 6.77. The number of aliphatic carboxylic acids is 2. The van der Waals surface area contributed by atoms with Gasteiger partial charge in [-0.05, 0) is 55.3 Å². The second kappa shape index (κ2) is 16.3. The molecule has 0 bridgehead atoms. The number of rotatable bonds is 8. The molecule has 0 aliphatic heterocycles. The number of carboxylic acid groups (broad SMARTS) is 2. The maximum atomic E-state index is 14.1. The molecule has 0 spiro atoms. The molecule has 0 saturated heterocycles. The van der Waals surface area contributed by atoms with Gasteiger partial charge in [0.1, 0.15) is 0 Å². The number of carbonyl (C=O) groups is 2. The van der Waals surface area contributed by atoms with Crippen LogP contribution in [0.3, 0.4) is 0 Å². The monoisotopic (exact) mass is 666 g/mol. The van der Waals surface area contributed by atoms with Gasteiger partial charge in [0.05, 0.1) is 39.9 Å². The highest BCUT2D eigenvalue weighted by Gasteiger charge is 2.18. The Kier molecular flexibility index (Phi) is 13.1. The quantitative estimate of drug-likeness (QED) is 0.0852. The summed E-state index contributed by atoms with van der Waals surface area (Å²) in [5.41, 5.74) is 6.51. The lowest BCUT2D eigenvalue weighted by molar-refractivity contribution is -0.137. The van der Waals surface area contributed by atoms with Crippen molar-refractivity contribution in [1.29, 1.82) is 0 Å². The summed E-state index contributed by atoms with van der Waals surface area (Å²) in [5, 5.41) is 18.6. The maximum absolute atomic E-state index is 14.1. The third-order valence-electron chi connectivity index (χ3n) is 6.77. The predicted molar refractivity (Wildman–Crippen MR) is 170 cm³/mol. The zero-order valence-corrected chi connectivity index (χ0v) is 26.3. The van der Waals surface area contributed by atoms with Crippen LogP contribution in [-0.4, -0.2) is 53.4 Å². The van der Waals surface area contributed by atoms with E-state index < -0.39 is 29.4 Å². The van der Waals surface area contributed by atoms with Crippen molar-refractivity contribution >= 4 is 51.8 Å². The molecule has 7 N–H and O–H groups in total. The molecule has 0 radical (unpaired) electrons. The standard InChI is InChI=1S/2C12H12FNO3.C7H9FN2O.ClH/c1-6-7(4-12(15)16)8-3-11(17-2)9(13)5-10(8)14-6;1-6-7(5-10(15)16)11-8(14-6)3-4-9(17-2)12(11)13;1-11-7-3-2-5(10-9)4-6(7)8;/h3,5,14H,4H2,1-2H3,(H,15,16);3-4,14H,5H2,1-2H3,(H,15,16);2-4,10H,9H2,1H3;1H. The summed E-state index contributed by atoms with van der Waals surface area (Å²) in [5.74, 6) is 2.16. The lowest BCUT2D eigenvalue weighted by Crippen LogP contribution is -2.06. The number of ether oxygens (including phenoxy) is 3. The summed E-state index contributed by atoms with van der Waals surface area (Å²) in [4.78, 5) is 27.5. The molecule has 46 heavy (non-hydrogen) atoms. The summed E-state index contributed by atoms with van der Waals surface area (Å²) in [7, 11) is 4.16. The van der Waals surface area contributed by atoms with Crippen LogP contribution in [0, 0.1) is 31.3 Å². The largest absolute Gasteiger partial charge is 0.494 e. The Morgan fingerprint density at radius 2 is 1.28 bits per heavy atom. The number of hydrogen-bond acceptors (Lipinski definition) is 7. The molecule has 0 atom stereocenters. The van der Waals surface area contributed by atoms with Gasteiger partial charge in [0, 0.05) is 45.3 Å². The van der Waals surface area contributed by atoms with E-state index in [2.05, 4.69) is 15.4 Å². The number of anilines is 1. The molecular formula is C31H34ClF3N4O7. The highest BCUT2D eigenvalue weighted by atomic mass is 35.5. The van der Waals surface area contributed by atoms with Crippen LogP contribution >= 0.6 is 12.4 Å². The minimum atomic E-state index is -0.990. The number of fused-ring (bicyclic) bond motifs is 2. The number of nitrogens with two attached hydrogens (primary N) is 1. The Hall–Kier alpha value is -5.08. The molecule has 5 rings (SSSR count). The SMILES string of the molecule is COc1cc2c(CC(=O)O)c(C)[nH]c2cc1F.COc1ccc(NN)cc1F.COc1ccc2[nH]c(C)c(CC(=O)O)c2c1F.Cl. The molecule has 15 heteroatoms. The number of aryl methyl sites for hydroxylation is 2. The number of nitrogens with one attached hydrogen (secondary N) is 3. The Morgan fingerprint density at radius 3 is 1.83 bits per heavy atom. The summed E-state index contributed by atoms with van der Waals surface area (Å²) in [6.07, 6.45) is -0.309. The fourth-order valence-corrected chi connectivity index (χ4v) is 4.63. The minimum Gasteiger partial charge on any atom is -0.494 e. The van der Waals surface area contributed by atoms with Crippen LogP contribution in [0.2, 0.25) is 0 Å². The van der Waals surface area contributed by atoms with Gasteiger partial charge in [-0.15, -0.1) is 12.4 Å². The number of carboxylic acids is 2. The number of hydrazine groups is 1. The summed E-state index contributed by atoms with van der Waals surface area (Å²) >= 11 is 0. The zero-order chi connectivity index (χ0) is 33.4. The van der Waals surface area contributed by atoms with Crippen molar-refractivity contribution in [2.24, 2.45) is 5.84 Å². The first kappa shape index (κ1) is 37.1. The second-order valence-electron chi connectivity index (χ2n) is 9.63. The number of halogens is 4. The fourth-order valence-electron chi connectivity index (χ4n) is 4.63. The first-order chi connectivity index (χ1) is 21.3. The molecule has 0 fully saturated rings. The Labute approximate surface area is 267 Å². The summed E-state index contributed by atoms with van der Waals surface area (Å²) in [6, 6.07) is 10.4. The lowest BCUT2D eigenvalue weighted by Gasteiger charge is -2.03. The zero-order valence-electron chi connectivity index (χ0n) is 25.5. The number of benzene rings is 3. The van der Waals surface area contributed by atoms with E-state index in [0.29, 0.717) is 44.3 Å². The summed E-state index contributed by atoms with van der Waals surface area (Å²) in [6.45, 7) is 3.49. The van der Waals surface area contributed by atoms with Gasteiger partial charge >= 0.3 is 11.9 Å². The Balaban J connectivity index is 0.000000244. The van der Waals surface area contributed by atoms with E-state index in [1.165, 1.54) is 51.7 Å². The average molecular weight is 667 g/mol. The molecule has 0 saturated carbocycles. The highest BCUT2D eigenvalue weighted by molar-refractivity contribution is 5.90. The van der Waals surface area contributed by atoms with Crippen LogP contribution in [0.25, 0.3) is 21.8 Å². The highest BCUT2D eigenvalue weighted by Crippen LogP contribution is 2.31. The first-order valence-corrected chi connectivity index (χ1v) is 13.3. The molecule has 3 aromatic carbocycles. The molecule has 2 heterocycles. The van der Waals surface area contributed by atoms with Crippen LogP contribution in [0.5, 0.6) is 17.2 Å². The van der Waals surface area contributed by atoms with Crippen LogP contribution in [0.15, 0.2) is 42.5 Å². The van der Waals surface area contributed by atoms with E-state index in [4.69, 9.17) is 30.3 Å². The third kappa shape index (κ3) is 8.55. The number of aromatic amines is 2. The van der Waals surface area contributed by atoms with Gasteiger partial charge in [-0.25, -0.2) is 13.2 Å². The topological polar surface area (TPSA) is 172 Å². The van der Waals surface area contributed by atoms with E-state index in [1.54, 1.807) is 26.0 Å². The maximum Gasteiger partial charge on any atom is 0.307 e. The molecule has 0 amide bonds. The molecular weight excluding hydrogens is 633 g/mol. The van der Waals surface area contributed by atoms with E-state index in [1.807, 2.05) is 0 Å². The molecule has 2 aromatic heterocycles. The van der Waals surface area contributed by atoms with E-state index >= 15 is 0 Å². The lowest BCUT2D eigenvalue weighted by atomic mass is 10.1. The smallest absolute Gasteiger partial charge is 0.307 e. The van der Waals surface area contributed by atoms with Gasteiger partial charge < -0.3 is 39.8 Å². The average Bonchev–Trinajstić information content (AvgIpc) is 3.47. The van der Waals surface area contributed by atoms with Crippen LogP contribution in [0.4, 0.5) is 18.9 Å². The van der Waals surface area contributed by atoms with Crippen molar-refractivity contribution in [2.75, 3.05) is 26.8 Å². The van der Waals surface area contributed by atoms with Crippen LogP contribution in [-0.2, 0) is 22.4 Å². The Morgan fingerprint density at radius 1 is 0.761 bits per heavy atom. The van der Waals surface area contributed by atoms with E-state index in [-0.39, 0.29) is 42.5 Å². The van der Waals surface area contributed by atoms with Crippen LogP contribution < -0.4 is 25.5 Å². The van der Waals surface area contributed by atoms with Crippen molar-refractivity contribution in [3.05, 3.63) is 82.4 Å². The molecule has 248 valence electrons. The number of aromatic nitrogens is 2. The molecule has 0 aliphatic carbocycles. The van der Waals surface area contributed by atoms with Gasteiger partial charge in [0.2, 0.25) is 0 Å². The van der Waals surface area contributed by atoms with Crippen molar-refractivity contribution in [2.45, 2.75) is 26.7 Å². The van der Waals surface area contributed by atoms with Crippen molar-refractivity contribution < 1.29 is 47.2 Å². The fraction of sp³-hybridized carbons (Fsp3) is 0.226.